The van der Waals surface area contributed by atoms with Crippen molar-refractivity contribution < 1.29 is 14.3 Å². The summed E-state index contributed by atoms with van der Waals surface area (Å²) in [4.78, 5) is 32.2. The number of ether oxygens (including phenoxy) is 1. The lowest BCUT2D eigenvalue weighted by Crippen LogP contribution is -2.57. The topological polar surface area (TPSA) is 62.7 Å². The van der Waals surface area contributed by atoms with Gasteiger partial charge >= 0.3 is 6.09 Å². The Labute approximate surface area is 161 Å². The predicted molar refractivity (Wildman–Crippen MR) is 99.5 cm³/mol. The first-order valence-electron chi connectivity index (χ1n) is 8.07. The molecule has 0 aromatic carbocycles. The number of halogens is 2. The first kappa shape index (κ1) is 20.0. The molecule has 1 saturated heterocycles. The molecule has 1 aliphatic heterocycles. The summed E-state index contributed by atoms with van der Waals surface area (Å²) < 4.78 is 6.07. The Balaban J connectivity index is 2.35. The van der Waals surface area contributed by atoms with E-state index in [1.807, 2.05) is 33.8 Å². The number of hydrogen-bond acceptors (Lipinski definition) is 4. The summed E-state index contributed by atoms with van der Waals surface area (Å²) >= 11 is 9.40. The quantitative estimate of drug-likeness (QED) is 0.629. The molecule has 1 aromatic heterocycles. The second-order valence-corrected chi connectivity index (χ2v) is 8.42. The predicted octanol–water partition coefficient (Wildman–Crippen LogP) is 4.03. The van der Waals surface area contributed by atoms with Gasteiger partial charge in [-0.3, -0.25) is 4.79 Å². The Morgan fingerprint density at radius 1 is 1.32 bits per heavy atom. The Morgan fingerprint density at radius 2 is 1.96 bits per heavy atom. The molecule has 25 heavy (non-hydrogen) atoms. The molecular weight excluding hydrogens is 410 g/mol. The van der Waals surface area contributed by atoms with Gasteiger partial charge in [0, 0.05) is 26.1 Å². The Morgan fingerprint density at radius 3 is 2.48 bits per heavy atom. The molecule has 2 rings (SSSR count). The van der Waals surface area contributed by atoms with Gasteiger partial charge in [0.1, 0.15) is 15.4 Å². The number of carbonyl (C=O) groups excluding carboxylic acids is 2. The van der Waals surface area contributed by atoms with Crippen molar-refractivity contribution >= 4 is 39.5 Å². The summed E-state index contributed by atoms with van der Waals surface area (Å²) in [7, 11) is 0. The summed E-state index contributed by atoms with van der Waals surface area (Å²) in [5, 5.41) is 0.329. The summed E-state index contributed by atoms with van der Waals surface area (Å²) in [5.74, 6) is -0.0506. The third kappa shape index (κ3) is 5.07. The van der Waals surface area contributed by atoms with Gasteiger partial charge < -0.3 is 14.5 Å². The number of hydrogen-bond donors (Lipinski definition) is 0. The maximum absolute atomic E-state index is 12.5. The van der Waals surface area contributed by atoms with Gasteiger partial charge in [-0.2, -0.15) is 0 Å². The van der Waals surface area contributed by atoms with E-state index in [-0.39, 0.29) is 24.1 Å². The van der Waals surface area contributed by atoms with E-state index in [9.17, 15) is 9.59 Å². The highest BCUT2D eigenvalue weighted by atomic mass is 79.9. The van der Waals surface area contributed by atoms with Gasteiger partial charge in [-0.1, -0.05) is 11.6 Å². The molecule has 1 fully saturated rings. The lowest BCUT2D eigenvalue weighted by Gasteiger charge is -2.45. The van der Waals surface area contributed by atoms with Gasteiger partial charge in [-0.15, -0.1) is 0 Å². The van der Waals surface area contributed by atoms with Crippen LogP contribution in [-0.4, -0.2) is 51.5 Å². The van der Waals surface area contributed by atoms with Gasteiger partial charge in [0.05, 0.1) is 6.04 Å². The maximum atomic E-state index is 12.5. The van der Waals surface area contributed by atoms with Crippen LogP contribution in [0.25, 0.3) is 0 Å². The Hall–Kier alpha value is -1.34. The number of piperazine rings is 1. The molecule has 0 aliphatic carbocycles. The number of aromatic nitrogens is 1. The molecule has 0 saturated carbocycles. The molecule has 0 spiro atoms. The van der Waals surface area contributed by atoms with Crippen LogP contribution >= 0.6 is 27.5 Å². The lowest BCUT2D eigenvalue weighted by atomic mass is 10.0. The van der Waals surface area contributed by atoms with E-state index in [0.29, 0.717) is 22.8 Å². The summed E-state index contributed by atoms with van der Waals surface area (Å²) in [6.45, 7) is 9.70. The molecule has 138 valence electrons. The first-order valence-corrected chi connectivity index (χ1v) is 9.25. The third-order valence-corrected chi connectivity index (χ3v) is 4.47. The number of nitrogens with zero attached hydrogens (tertiary/aromatic N) is 3. The maximum Gasteiger partial charge on any atom is 0.410 e. The number of amides is 2. The highest BCUT2D eigenvalue weighted by Gasteiger charge is 2.38. The summed E-state index contributed by atoms with van der Waals surface area (Å²) in [6.07, 6.45) is -0.383. The molecule has 0 bridgehead atoms. The smallest absolute Gasteiger partial charge is 0.410 e. The van der Waals surface area contributed by atoms with Crippen molar-refractivity contribution in [1.82, 2.24) is 14.8 Å². The first-order chi connectivity index (χ1) is 11.5. The largest absolute Gasteiger partial charge is 0.444 e. The van der Waals surface area contributed by atoms with Crippen LogP contribution in [0.1, 0.15) is 46.2 Å². The van der Waals surface area contributed by atoms with E-state index in [1.165, 1.54) is 6.92 Å². The van der Waals surface area contributed by atoms with Gasteiger partial charge in [0.15, 0.2) is 0 Å². The van der Waals surface area contributed by atoms with Crippen molar-refractivity contribution in [3.63, 3.8) is 0 Å². The molecule has 0 unspecified atom stereocenters. The average molecular weight is 433 g/mol. The minimum atomic E-state index is -0.573. The van der Waals surface area contributed by atoms with E-state index in [2.05, 4.69) is 20.9 Å². The SMILES string of the molecule is CC(=O)N1[C@@H](C)CN(C(=O)OC(C)(C)C)C[C@H]1c1cc(Cl)nc(Br)c1. The van der Waals surface area contributed by atoms with E-state index in [4.69, 9.17) is 16.3 Å². The molecule has 6 nitrogen and oxygen atoms in total. The summed E-state index contributed by atoms with van der Waals surface area (Å²) in [5.41, 5.74) is 0.249. The van der Waals surface area contributed by atoms with E-state index >= 15 is 0 Å². The van der Waals surface area contributed by atoms with Crippen molar-refractivity contribution in [2.75, 3.05) is 13.1 Å². The van der Waals surface area contributed by atoms with Crippen LogP contribution in [0.4, 0.5) is 4.79 Å². The molecule has 0 N–H and O–H groups in total. The second-order valence-electron chi connectivity index (χ2n) is 7.22. The monoisotopic (exact) mass is 431 g/mol. The normalized spacial score (nSPS) is 21.2. The van der Waals surface area contributed by atoms with Crippen molar-refractivity contribution in [3.8, 4) is 0 Å². The molecule has 1 aliphatic rings. The van der Waals surface area contributed by atoms with Crippen LogP contribution in [0, 0.1) is 0 Å². The Bertz CT molecular complexity index is 657. The highest BCUT2D eigenvalue weighted by molar-refractivity contribution is 9.10. The van der Waals surface area contributed by atoms with Gasteiger partial charge in [0.25, 0.3) is 0 Å². The Kier molecular flexibility index (Phi) is 5.99. The van der Waals surface area contributed by atoms with Crippen LogP contribution in [-0.2, 0) is 9.53 Å². The van der Waals surface area contributed by atoms with Crippen LogP contribution in [0.3, 0.4) is 0 Å². The number of carbonyl (C=O) groups is 2. The zero-order valence-corrected chi connectivity index (χ0v) is 17.4. The van der Waals surface area contributed by atoms with Crippen LogP contribution in [0.5, 0.6) is 0 Å². The number of pyridine rings is 1. The van der Waals surface area contributed by atoms with Gasteiger partial charge in [-0.25, -0.2) is 9.78 Å². The molecular formula is C17H23BrClN3O3. The van der Waals surface area contributed by atoms with Crippen molar-refractivity contribution in [3.05, 3.63) is 27.5 Å². The fraction of sp³-hybridized carbons (Fsp3) is 0.588. The fourth-order valence-electron chi connectivity index (χ4n) is 3.03. The number of rotatable bonds is 1. The molecule has 1 aromatic rings. The van der Waals surface area contributed by atoms with E-state index in [1.54, 1.807) is 15.9 Å². The second kappa shape index (κ2) is 7.50. The highest BCUT2D eigenvalue weighted by Crippen LogP contribution is 2.32. The lowest BCUT2D eigenvalue weighted by molar-refractivity contribution is -0.137. The van der Waals surface area contributed by atoms with Crippen molar-refractivity contribution in [2.24, 2.45) is 0 Å². The third-order valence-electron chi connectivity index (χ3n) is 3.87. The molecule has 2 amide bonds. The zero-order valence-electron chi connectivity index (χ0n) is 15.0. The molecule has 8 heteroatoms. The van der Waals surface area contributed by atoms with E-state index < -0.39 is 5.60 Å². The van der Waals surface area contributed by atoms with Gasteiger partial charge in [0.2, 0.25) is 5.91 Å². The fourth-order valence-corrected chi connectivity index (χ4v) is 3.81. The van der Waals surface area contributed by atoms with E-state index in [0.717, 1.165) is 5.56 Å². The van der Waals surface area contributed by atoms with Crippen molar-refractivity contribution in [2.45, 2.75) is 52.3 Å². The molecule has 0 radical (unpaired) electrons. The van der Waals surface area contributed by atoms with Crippen LogP contribution in [0.2, 0.25) is 5.15 Å². The average Bonchev–Trinajstić information content (AvgIpc) is 2.42. The summed E-state index contributed by atoms with van der Waals surface area (Å²) in [6, 6.07) is 3.08. The van der Waals surface area contributed by atoms with Crippen LogP contribution in [0.15, 0.2) is 16.7 Å². The standard InChI is InChI=1S/C17H23BrClN3O3/c1-10-8-21(16(24)25-17(3,4)5)9-13(22(10)11(2)23)12-6-14(18)20-15(19)7-12/h6-7,10,13H,8-9H2,1-5H3/t10-,13-/m0/s1. The molecule has 2 atom stereocenters. The minimum Gasteiger partial charge on any atom is -0.444 e. The minimum absolute atomic E-state index is 0.0506. The molecule has 2 heterocycles. The van der Waals surface area contributed by atoms with Crippen LogP contribution < -0.4 is 0 Å². The van der Waals surface area contributed by atoms with Crippen molar-refractivity contribution in [1.29, 1.82) is 0 Å². The zero-order chi connectivity index (χ0) is 18.9. The van der Waals surface area contributed by atoms with Gasteiger partial charge in [-0.05, 0) is 61.3 Å².